The number of rotatable bonds is 4. The van der Waals surface area contributed by atoms with Crippen molar-refractivity contribution in [3.63, 3.8) is 0 Å². The smallest absolute Gasteiger partial charge is 0.201 e. The third-order valence-corrected chi connectivity index (χ3v) is 7.40. The lowest BCUT2D eigenvalue weighted by Gasteiger charge is -2.50. The molecular weight excluding hydrogens is 396 g/mol. The Kier molecular flexibility index (Phi) is 3.93. The lowest BCUT2D eigenvalue weighted by molar-refractivity contribution is -0.200. The molecule has 9 nitrogen and oxygen atoms in total. The van der Waals surface area contributed by atoms with Gasteiger partial charge in [-0.2, -0.15) is 0 Å². The van der Waals surface area contributed by atoms with Gasteiger partial charge >= 0.3 is 0 Å². The molecule has 1 saturated carbocycles. The van der Waals surface area contributed by atoms with Gasteiger partial charge in [-0.05, 0) is 13.0 Å². The summed E-state index contributed by atoms with van der Waals surface area (Å²) < 4.78 is 22.2. The Morgan fingerprint density at radius 2 is 1.87 bits per heavy atom. The summed E-state index contributed by atoms with van der Waals surface area (Å²) in [7, 11) is 2.79. The van der Waals surface area contributed by atoms with Crippen LogP contribution in [0.2, 0.25) is 0 Å². The highest BCUT2D eigenvalue weighted by atomic mass is 16.7. The van der Waals surface area contributed by atoms with Crippen molar-refractivity contribution in [2.24, 2.45) is 5.92 Å². The van der Waals surface area contributed by atoms with Crippen LogP contribution in [0.1, 0.15) is 35.9 Å². The maximum absolute atomic E-state index is 13.5. The molecule has 0 aromatic heterocycles. The first-order valence-electron chi connectivity index (χ1n) is 9.87. The second-order valence-electron chi connectivity index (χ2n) is 8.58. The number of fused-ring (bicyclic) bond motifs is 1. The third-order valence-electron chi connectivity index (χ3n) is 7.40. The molecule has 6 unspecified atom stereocenters. The average Bonchev–Trinajstić information content (AvgIpc) is 3.65. The Labute approximate surface area is 172 Å². The summed E-state index contributed by atoms with van der Waals surface area (Å²) in [5, 5.41) is 34.1. The van der Waals surface area contributed by atoms with E-state index in [0.29, 0.717) is 11.3 Å². The first-order chi connectivity index (χ1) is 14.1. The number of ketones is 2. The van der Waals surface area contributed by atoms with E-state index in [-0.39, 0.29) is 5.56 Å². The van der Waals surface area contributed by atoms with Crippen molar-refractivity contribution in [3.8, 4) is 5.75 Å². The highest BCUT2D eigenvalue weighted by molar-refractivity contribution is 6.11. The number of aliphatic hydroxyl groups is 3. The summed E-state index contributed by atoms with van der Waals surface area (Å²) in [6, 6.07) is 4.84. The highest BCUT2D eigenvalue weighted by Gasteiger charge is 2.92. The Bertz CT molecular complexity index is 962. The fourth-order valence-corrected chi connectivity index (χ4v) is 5.66. The van der Waals surface area contributed by atoms with Crippen LogP contribution in [0.4, 0.5) is 0 Å². The van der Waals surface area contributed by atoms with E-state index in [1.807, 2.05) is 0 Å². The van der Waals surface area contributed by atoms with Crippen molar-refractivity contribution in [3.05, 3.63) is 29.3 Å². The summed E-state index contributed by atoms with van der Waals surface area (Å²) in [5.74, 6) is -2.16. The Morgan fingerprint density at radius 3 is 2.43 bits per heavy atom. The summed E-state index contributed by atoms with van der Waals surface area (Å²) >= 11 is 0. The Balaban J connectivity index is 1.72. The molecule has 4 aliphatic rings. The van der Waals surface area contributed by atoms with Crippen molar-refractivity contribution >= 4 is 11.6 Å². The maximum Gasteiger partial charge on any atom is 0.201 e. The monoisotopic (exact) mass is 420 g/mol. The Morgan fingerprint density at radius 1 is 1.20 bits per heavy atom. The van der Waals surface area contributed by atoms with E-state index >= 15 is 0 Å². The number of hydrogen-bond acceptors (Lipinski definition) is 9. The van der Waals surface area contributed by atoms with Crippen molar-refractivity contribution in [2.75, 3.05) is 14.2 Å². The first-order valence-corrected chi connectivity index (χ1v) is 9.87. The molecule has 0 amide bonds. The molecule has 3 N–H and O–H groups in total. The molecule has 1 aromatic carbocycles. The van der Waals surface area contributed by atoms with E-state index in [1.54, 1.807) is 25.1 Å². The van der Waals surface area contributed by atoms with Gasteiger partial charge in [-0.25, -0.2) is 0 Å². The zero-order valence-electron chi connectivity index (χ0n) is 17.0. The number of carbonyl (C=O) groups is 2. The molecule has 9 heteroatoms. The van der Waals surface area contributed by atoms with Crippen LogP contribution in [-0.2, 0) is 19.0 Å². The second-order valence-corrected chi connectivity index (χ2v) is 8.58. The number of Topliss-reactive ketones (excluding diaryl/α,β-unsaturated/α-hetero) is 2. The molecule has 9 atom stereocenters. The molecule has 5 rings (SSSR count). The number of methoxy groups -OCH3 is 2. The molecular formula is C21H24O9. The molecule has 3 fully saturated rings. The molecule has 0 radical (unpaired) electrons. The Hall–Kier alpha value is -1.88. The number of benzene rings is 1. The van der Waals surface area contributed by atoms with Gasteiger partial charge in [-0.3, -0.25) is 9.59 Å². The molecule has 30 heavy (non-hydrogen) atoms. The predicted molar refractivity (Wildman–Crippen MR) is 99.1 cm³/mol. The largest absolute Gasteiger partial charge is 0.496 e. The standard InChI is InChI=1S/C21H24O9/c1-8-14(22)20-15(23)10-6-5-7-11(27-3)12(10)17(28-4)21(20,30-20)18(25)19(8,26)16(24)13-9(2)29-13/h5-9,13-14,17-18,22,25-26H,1-4H3/t8?,9?,13?,14?,17?,18?,19-,20-,21-/m1/s1. The highest BCUT2D eigenvalue weighted by Crippen LogP contribution is 2.71. The van der Waals surface area contributed by atoms with Crippen LogP contribution >= 0.6 is 0 Å². The van der Waals surface area contributed by atoms with Crippen LogP contribution in [0.5, 0.6) is 5.75 Å². The quantitative estimate of drug-likeness (QED) is 0.553. The second kappa shape index (κ2) is 5.87. The molecule has 0 spiro atoms. The van der Waals surface area contributed by atoms with Gasteiger partial charge in [-0.1, -0.05) is 19.1 Å². The van der Waals surface area contributed by atoms with Gasteiger partial charge in [0.15, 0.2) is 22.6 Å². The van der Waals surface area contributed by atoms with Gasteiger partial charge in [0, 0.05) is 24.2 Å². The van der Waals surface area contributed by atoms with Crippen LogP contribution in [0.15, 0.2) is 18.2 Å². The molecule has 2 aliphatic carbocycles. The molecule has 0 bridgehead atoms. The number of aliphatic hydroxyl groups excluding tert-OH is 2. The minimum absolute atomic E-state index is 0.240. The van der Waals surface area contributed by atoms with Crippen LogP contribution in [0.3, 0.4) is 0 Å². The van der Waals surface area contributed by atoms with Crippen LogP contribution in [0.25, 0.3) is 0 Å². The van der Waals surface area contributed by atoms with Gasteiger partial charge in [0.25, 0.3) is 0 Å². The van der Waals surface area contributed by atoms with Crippen molar-refractivity contribution in [1.82, 2.24) is 0 Å². The number of ether oxygens (including phenoxy) is 4. The third kappa shape index (κ3) is 1.90. The molecule has 2 aliphatic heterocycles. The zero-order valence-corrected chi connectivity index (χ0v) is 17.0. The van der Waals surface area contributed by atoms with E-state index in [2.05, 4.69) is 0 Å². The van der Waals surface area contributed by atoms with E-state index < -0.39 is 64.8 Å². The molecule has 2 saturated heterocycles. The number of epoxide rings is 2. The van der Waals surface area contributed by atoms with Crippen molar-refractivity contribution in [2.45, 2.75) is 61.2 Å². The molecule has 162 valence electrons. The number of carbonyl (C=O) groups excluding carboxylic acids is 2. The summed E-state index contributed by atoms with van der Waals surface area (Å²) in [4.78, 5) is 26.6. The van der Waals surface area contributed by atoms with Gasteiger partial charge in [0.2, 0.25) is 5.78 Å². The zero-order chi connectivity index (χ0) is 21.8. The van der Waals surface area contributed by atoms with Gasteiger partial charge in [0.05, 0.1) is 19.3 Å². The van der Waals surface area contributed by atoms with Gasteiger partial charge in [0.1, 0.15) is 24.1 Å². The summed E-state index contributed by atoms with van der Waals surface area (Å²) in [6.45, 7) is 3.08. The number of hydrogen-bond donors (Lipinski definition) is 3. The van der Waals surface area contributed by atoms with Gasteiger partial charge < -0.3 is 34.3 Å². The van der Waals surface area contributed by atoms with Crippen LogP contribution in [0, 0.1) is 5.92 Å². The first kappa shape index (κ1) is 20.0. The van der Waals surface area contributed by atoms with E-state index in [0.717, 1.165) is 0 Å². The van der Waals surface area contributed by atoms with Crippen molar-refractivity contribution in [1.29, 1.82) is 0 Å². The van der Waals surface area contributed by atoms with Crippen LogP contribution in [-0.4, -0.2) is 82.3 Å². The average molecular weight is 420 g/mol. The maximum atomic E-state index is 13.5. The fourth-order valence-electron chi connectivity index (χ4n) is 5.66. The fraction of sp³-hybridized carbons (Fsp3) is 0.619. The summed E-state index contributed by atoms with van der Waals surface area (Å²) in [5.41, 5.74) is -5.51. The van der Waals surface area contributed by atoms with E-state index in [9.17, 15) is 24.9 Å². The lowest BCUT2D eigenvalue weighted by Crippen LogP contribution is -2.74. The minimum Gasteiger partial charge on any atom is -0.496 e. The minimum atomic E-state index is -2.40. The molecule has 1 aromatic rings. The normalized spacial score (nSPS) is 48.3. The lowest BCUT2D eigenvalue weighted by atomic mass is 9.55. The van der Waals surface area contributed by atoms with Crippen LogP contribution < -0.4 is 4.74 Å². The topological polar surface area (TPSA) is 138 Å². The van der Waals surface area contributed by atoms with E-state index in [4.69, 9.17) is 18.9 Å². The molecule has 2 heterocycles. The summed E-state index contributed by atoms with van der Waals surface area (Å²) in [6.07, 6.45) is -5.79. The SMILES string of the molecule is COc1cccc2c1C(OC)[C@]13O[C@@]1(C2=O)C(O)C(C)[C@@](O)(C(=O)C1OC1C)C3O. The van der Waals surface area contributed by atoms with Crippen molar-refractivity contribution < 1.29 is 43.9 Å². The van der Waals surface area contributed by atoms with Gasteiger partial charge in [-0.15, -0.1) is 0 Å². The predicted octanol–water partition coefficient (Wildman–Crippen LogP) is -0.454. The van der Waals surface area contributed by atoms with E-state index in [1.165, 1.54) is 21.1 Å².